The normalized spacial score (nSPS) is 13.4. The van der Waals surface area contributed by atoms with Gasteiger partial charge in [0.25, 0.3) is 5.91 Å². The van der Waals surface area contributed by atoms with E-state index in [1.165, 1.54) is 24.3 Å². The summed E-state index contributed by atoms with van der Waals surface area (Å²) in [6.07, 6.45) is -3.33. The average Bonchev–Trinajstić information content (AvgIpc) is 3.84. The van der Waals surface area contributed by atoms with Crippen molar-refractivity contribution in [1.82, 2.24) is 30.6 Å². The highest BCUT2D eigenvalue weighted by Crippen LogP contribution is 2.48. The Kier molecular flexibility index (Phi) is 12.4. The quantitative estimate of drug-likeness (QED) is 0.0532. The summed E-state index contributed by atoms with van der Waals surface area (Å²) in [7, 11) is 1.14. The van der Waals surface area contributed by atoms with E-state index in [-0.39, 0.29) is 30.4 Å². The minimum absolute atomic E-state index is 0.0306. The van der Waals surface area contributed by atoms with Crippen molar-refractivity contribution in [3.8, 4) is 17.3 Å². The summed E-state index contributed by atoms with van der Waals surface area (Å²) >= 11 is 6.04. The Morgan fingerprint density at radius 1 is 0.897 bits per heavy atom. The Hall–Kier alpha value is -6.69. The molecular weight excluding hydrogens is 783 g/mol. The third-order valence-corrected chi connectivity index (χ3v) is 9.11. The fraction of sp³-hybridized carbons (Fsp3) is 0.256. The summed E-state index contributed by atoms with van der Waals surface area (Å²) in [5.41, 5.74) is 3.83. The first kappa shape index (κ1) is 41.0. The second kappa shape index (κ2) is 17.6. The van der Waals surface area contributed by atoms with Gasteiger partial charge in [0.1, 0.15) is 6.04 Å². The molecule has 0 spiro atoms. The number of aryl methyl sites for hydroxylation is 1. The lowest BCUT2D eigenvalue weighted by Gasteiger charge is -2.19. The highest BCUT2D eigenvalue weighted by molar-refractivity contribution is 6.39. The maximum Gasteiger partial charge on any atom is 0.422 e. The molecule has 2 aromatic heterocycles. The molecule has 0 aliphatic heterocycles. The SMILES string of the molecule is COC(=O)[C@H](CCNC(=O)C(=O)Nc1cccc(-c2ccc(C)[nH]2)c1)NC(=O)c1ccc(Nc2nc(NC3(c4ccc(Cl)cc4)CC3)nc(OCC(F)(F)F)n2)cc1. The molecule has 1 fully saturated rings. The van der Waals surface area contributed by atoms with Crippen LogP contribution in [-0.2, 0) is 24.7 Å². The number of carbonyl (C=O) groups excluding carboxylic acids is 4. The van der Waals surface area contributed by atoms with Crippen molar-refractivity contribution in [3.05, 3.63) is 107 Å². The number of ether oxygens (including phenoxy) is 2. The number of nitrogens with one attached hydrogen (secondary N) is 6. The maximum atomic E-state index is 13.2. The molecule has 0 saturated heterocycles. The van der Waals surface area contributed by atoms with Gasteiger partial charge in [0.2, 0.25) is 11.9 Å². The van der Waals surface area contributed by atoms with Gasteiger partial charge in [-0.25, -0.2) is 4.79 Å². The molecule has 1 aliphatic rings. The van der Waals surface area contributed by atoms with E-state index in [0.29, 0.717) is 29.2 Å². The number of amides is 3. The lowest BCUT2D eigenvalue weighted by molar-refractivity contribution is -0.154. The number of aromatic amines is 1. The molecule has 6 rings (SSSR count). The third kappa shape index (κ3) is 11.0. The summed E-state index contributed by atoms with van der Waals surface area (Å²) < 4.78 is 48.6. The molecule has 15 nitrogen and oxygen atoms in total. The Bertz CT molecular complexity index is 2280. The minimum Gasteiger partial charge on any atom is -0.467 e. The first-order valence-corrected chi connectivity index (χ1v) is 18.2. The van der Waals surface area contributed by atoms with E-state index in [9.17, 15) is 32.3 Å². The number of methoxy groups -OCH3 is 1. The van der Waals surface area contributed by atoms with Gasteiger partial charge in [-0.1, -0.05) is 35.9 Å². The first-order chi connectivity index (χ1) is 27.7. The number of carbonyl (C=O) groups is 4. The predicted octanol–water partition coefficient (Wildman–Crippen LogP) is 6.03. The van der Waals surface area contributed by atoms with Gasteiger partial charge in [0.15, 0.2) is 6.61 Å². The zero-order chi connectivity index (χ0) is 41.5. The lowest BCUT2D eigenvalue weighted by Crippen LogP contribution is -2.44. The van der Waals surface area contributed by atoms with Gasteiger partial charge >= 0.3 is 30.0 Å². The summed E-state index contributed by atoms with van der Waals surface area (Å²) in [5, 5.41) is 14.2. The van der Waals surface area contributed by atoms with Gasteiger partial charge in [-0.3, -0.25) is 14.4 Å². The van der Waals surface area contributed by atoms with Crippen LogP contribution < -0.4 is 31.3 Å². The van der Waals surface area contributed by atoms with Crippen molar-refractivity contribution in [2.45, 2.75) is 43.9 Å². The van der Waals surface area contributed by atoms with E-state index in [2.05, 4.69) is 46.5 Å². The molecule has 1 aliphatic carbocycles. The van der Waals surface area contributed by atoms with Crippen LogP contribution in [0.2, 0.25) is 5.02 Å². The van der Waals surface area contributed by atoms with Crippen molar-refractivity contribution in [2.75, 3.05) is 36.2 Å². The minimum atomic E-state index is -4.64. The van der Waals surface area contributed by atoms with E-state index in [1.54, 1.807) is 30.3 Å². The molecule has 0 bridgehead atoms. The molecule has 0 unspecified atom stereocenters. The van der Waals surface area contributed by atoms with Crippen molar-refractivity contribution >= 4 is 58.6 Å². The Balaban J connectivity index is 1.05. The van der Waals surface area contributed by atoms with Crippen LogP contribution in [0.15, 0.2) is 84.9 Å². The number of alkyl halides is 3. The van der Waals surface area contributed by atoms with E-state index in [1.807, 2.05) is 37.3 Å². The molecule has 58 heavy (non-hydrogen) atoms. The Morgan fingerprint density at radius 2 is 1.62 bits per heavy atom. The highest BCUT2D eigenvalue weighted by atomic mass is 35.5. The van der Waals surface area contributed by atoms with Crippen molar-refractivity contribution in [3.63, 3.8) is 0 Å². The van der Waals surface area contributed by atoms with Crippen LogP contribution in [0.1, 0.15) is 40.9 Å². The number of aromatic nitrogens is 4. The number of nitrogens with zero attached hydrogens (tertiary/aromatic N) is 3. The lowest BCUT2D eigenvalue weighted by atomic mass is 10.1. The average molecular weight is 820 g/mol. The third-order valence-electron chi connectivity index (χ3n) is 8.86. The van der Waals surface area contributed by atoms with Crippen LogP contribution in [0.25, 0.3) is 11.3 Å². The molecule has 3 aromatic carbocycles. The van der Waals surface area contributed by atoms with Crippen LogP contribution in [-0.4, -0.2) is 76.1 Å². The number of benzene rings is 3. The monoisotopic (exact) mass is 819 g/mol. The predicted molar refractivity (Wildman–Crippen MR) is 208 cm³/mol. The Labute approximate surface area is 334 Å². The summed E-state index contributed by atoms with van der Waals surface area (Å²) in [4.78, 5) is 66.4. The molecular formula is C39H37ClF3N9O6. The zero-order valence-electron chi connectivity index (χ0n) is 31.0. The molecule has 302 valence electrons. The maximum absolute atomic E-state index is 13.2. The molecule has 5 aromatic rings. The number of esters is 1. The second-order valence-corrected chi connectivity index (χ2v) is 13.7. The number of hydrogen-bond donors (Lipinski definition) is 6. The second-order valence-electron chi connectivity index (χ2n) is 13.3. The van der Waals surface area contributed by atoms with Gasteiger partial charge in [-0.2, -0.15) is 28.1 Å². The van der Waals surface area contributed by atoms with Gasteiger partial charge in [0, 0.05) is 39.9 Å². The van der Waals surface area contributed by atoms with Gasteiger partial charge in [-0.05, 0) is 98.0 Å². The number of rotatable bonds is 15. The number of anilines is 4. The first-order valence-electron chi connectivity index (χ1n) is 17.8. The standard InChI is InChI=1S/C39H37ClF3N9O6/c1-22-6-15-29(45-22)24-4-3-5-28(20-24)46-33(55)32(54)44-19-16-30(34(56)57-2)48-31(53)23-7-13-27(14-8-23)47-35-49-36(51-37(50-35)58-21-39(41,42)43)52-38(17-18-38)25-9-11-26(40)12-10-25/h3-15,20,30,45H,16-19,21H2,1-2H3,(H,44,54)(H,46,55)(H,48,53)(H2,47,49,50,51,52)/t30-/m0/s1. The van der Waals surface area contributed by atoms with Crippen LogP contribution in [0.5, 0.6) is 6.01 Å². The molecule has 6 N–H and O–H groups in total. The zero-order valence-corrected chi connectivity index (χ0v) is 31.8. The number of hydrogen-bond acceptors (Lipinski definition) is 11. The molecule has 2 heterocycles. The van der Waals surface area contributed by atoms with Crippen LogP contribution in [0, 0.1) is 6.92 Å². The van der Waals surface area contributed by atoms with Crippen molar-refractivity contribution in [2.24, 2.45) is 0 Å². The smallest absolute Gasteiger partial charge is 0.422 e. The highest BCUT2D eigenvalue weighted by Gasteiger charge is 2.45. The summed E-state index contributed by atoms with van der Waals surface area (Å²) in [6.45, 7) is 0.133. The largest absolute Gasteiger partial charge is 0.467 e. The van der Waals surface area contributed by atoms with Gasteiger partial charge in [0.05, 0.1) is 12.6 Å². The van der Waals surface area contributed by atoms with Crippen LogP contribution in [0.3, 0.4) is 0 Å². The van der Waals surface area contributed by atoms with Gasteiger partial charge < -0.3 is 41.0 Å². The topological polar surface area (TPSA) is 201 Å². The summed E-state index contributed by atoms with van der Waals surface area (Å²) in [5.74, 6) is -3.49. The van der Waals surface area contributed by atoms with E-state index >= 15 is 0 Å². The fourth-order valence-corrected chi connectivity index (χ4v) is 5.90. The number of halogens is 4. The molecule has 1 atom stereocenters. The summed E-state index contributed by atoms with van der Waals surface area (Å²) in [6, 6.07) is 21.9. The molecule has 0 radical (unpaired) electrons. The van der Waals surface area contributed by atoms with E-state index in [4.69, 9.17) is 21.1 Å². The molecule has 19 heteroatoms. The molecule has 1 saturated carbocycles. The van der Waals surface area contributed by atoms with Crippen molar-refractivity contribution in [1.29, 1.82) is 0 Å². The molecule has 3 amide bonds. The van der Waals surface area contributed by atoms with Crippen molar-refractivity contribution < 1.29 is 41.8 Å². The number of H-pyrrole nitrogens is 1. The Morgan fingerprint density at radius 3 is 2.28 bits per heavy atom. The van der Waals surface area contributed by atoms with Gasteiger partial charge in [-0.15, -0.1) is 0 Å². The van der Waals surface area contributed by atoms with Crippen LogP contribution in [0.4, 0.5) is 36.4 Å². The van der Waals surface area contributed by atoms with Crippen LogP contribution >= 0.6 is 11.6 Å². The van der Waals surface area contributed by atoms with E-state index < -0.39 is 54.1 Å². The van der Waals surface area contributed by atoms with E-state index in [0.717, 1.165) is 29.6 Å². The fourth-order valence-electron chi connectivity index (χ4n) is 5.77.